The van der Waals surface area contributed by atoms with E-state index in [9.17, 15) is 21.6 Å². The van der Waals surface area contributed by atoms with Crippen LogP contribution in [-0.2, 0) is 10.1 Å². The Morgan fingerprint density at radius 3 is 2.58 bits per heavy atom. The summed E-state index contributed by atoms with van der Waals surface area (Å²) in [6.07, 6.45) is 1.47. The highest BCUT2D eigenvalue weighted by Crippen LogP contribution is 2.31. The average molecular weight is 359 g/mol. The van der Waals surface area contributed by atoms with Crippen molar-refractivity contribution in [2.24, 2.45) is 0 Å². The minimum atomic E-state index is -5.71. The summed E-state index contributed by atoms with van der Waals surface area (Å²) >= 11 is 3.11. The van der Waals surface area contributed by atoms with E-state index in [1.165, 1.54) is 23.7 Å². The summed E-state index contributed by atoms with van der Waals surface area (Å²) in [4.78, 5) is 0. The van der Waals surface area contributed by atoms with Crippen molar-refractivity contribution in [3.63, 3.8) is 0 Å². The summed E-state index contributed by atoms with van der Waals surface area (Å²) in [6, 6.07) is 2.51. The lowest BCUT2D eigenvalue weighted by molar-refractivity contribution is -0.0499. The van der Waals surface area contributed by atoms with E-state index >= 15 is 0 Å². The second-order valence-corrected chi connectivity index (χ2v) is 6.07. The van der Waals surface area contributed by atoms with E-state index in [2.05, 4.69) is 25.2 Å². The molecule has 0 N–H and O–H groups in total. The molecule has 0 atom stereocenters. The molecule has 0 saturated heterocycles. The van der Waals surface area contributed by atoms with Crippen LogP contribution in [0.3, 0.4) is 0 Å². The molecule has 5 nitrogen and oxygen atoms in total. The molecule has 0 amide bonds. The van der Waals surface area contributed by atoms with Crippen molar-refractivity contribution in [3.05, 3.63) is 28.5 Å². The van der Waals surface area contributed by atoms with Gasteiger partial charge in [0.15, 0.2) is 5.75 Å². The van der Waals surface area contributed by atoms with Gasteiger partial charge in [-0.25, -0.2) is 4.52 Å². The maximum atomic E-state index is 12.3. The van der Waals surface area contributed by atoms with Crippen LogP contribution in [0.1, 0.15) is 5.69 Å². The Labute approximate surface area is 114 Å². The van der Waals surface area contributed by atoms with Gasteiger partial charge in [-0.15, -0.1) is 0 Å². The predicted octanol–water partition coefficient (Wildman–Crippen LogP) is 2.63. The van der Waals surface area contributed by atoms with E-state index in [-0.39, 0.29) is 5.52 Å². The van der Waals surface area contributed by atoms with Crippen LogP contribution in [-0.4, -0.2) is 23.5 Å². The van der Waals surface area contributed by atoms with Gasteiger partial charge in [-0.2, -0.15) is 26.7 Å². The highest BCUT2D eigenvalue weighted by atomic mass is 79.9. The number of aromatic nitrogens is 2. The fourth-order valence-electron chi connectivity index (χ4n) is 1.38. The first-order valence-electron chi connectivity index (χ1n) is 4.76. The summed E-state index contributed by atoms with van der Waals surface area (Å²) in [5.74, 6) is -0.435. The Morgan fingerprint density at radius 2 is 2.00 bits per heavy atom. The fraction of sp³-hybridized carbons (Fsp3) is 0.222. The van der Waals surface area contributed by atoms with Crippen molar-refractivity contribution in [3.8, 4) is 5.75 Å². The summed E-state index contributed by atoms with van der Waals surface area (Å²) in [6.45, 7) is 1.50. The highest BCUT2D eigenvalue weighted by Gasteiger charge is 2.48. The van der Waals surface area contributed by atoms with E-state index in [0.717, 1.165) is 6.07 Å². The summed E-state index contributed by atoms with van der Waals surface area (Å²) in [5, 5.41) is 3.98. The predicted molar refractivity (Wildman–Crippen MR) is 63.2 cm³/mol. The lowest BCUT2D eigenvalue weighted by Crippen LogP contribution is -2.28. The summed E-state index contributed by atoms with van der Waals surface area (Å²) in [7, 11) is -5.71. The lowest BCUT2D eigenvalue weighted by atomic mass is 10.3. The molecule has 2 rings (SSSR count). The van der Waals surface area contributed by atoms with Gasteiger partial charge >= 0.3 is 15.6 Å². The second-order valence-electron chi connectivity index (χ2n) is 3.62. The minimum Gasteiger partial charge on any atom is -0.374 e. The third-order valence-corrected chi connectivity index (χ3v) is 3.51. The number of fused-ring (bicyclic) bond motifs is 1. The topological polar surface area (TPSA) is 60.7 Å². The Balaban J connectivity index is 2.58. The maximum absolute atomic E-state index is 12.3. The summed E-state index contributed by atoms with van der Waals surface area (Å²) < 4.78 is 64.7. The van der Waals surface area contributed by atoms with Crippen LogP contribution in [0.5, 0.6) is 5.75 Å². The number of aryl methyl sites for hydroxylation is 1. The Kier molecular flexibility index (Phi) is 3.25. The Bertz CT molecular complexity index is 739. The normalized spacial score (nSPS) is 12.9. The van der Waals surface area contributed by atoms with Crippen LogP contribution < -0.4 is 4.18 Å². The van der Waals surface area contributed by atoms with E-state index in [0.29, 0.717) is 10.2 Å². The molecule has 0 aliphatic rings. The first-order chi connectivity index (χ1) is 8.60. The van der Waals surface area contributed by atoms with Crippen molar-refractivity contribution >= 4 is 31.6 Å². The lowest BCUT2D eigenvalue weighted by Gasteiger charge is -2.10. The largest absolute Gasteiger partial charge is 0.534 e. The van der Waals surface area contributed by atoms with Gasteiger partial charge in [0.1, 0.15) is 5.52 Å². The van der Waals surface area contributed by atoms with E-state index in [4.69, 9.17) is 0 Å². The second kappa shape index (κ2) is 4.37. The van der Waals surface area contributed by atoms with E-state index < -0.39 is 21.4 Å². The molecule has 0 saturated carbocycles. The van der Waals surface area contributed by atoms with Gasteiger partial charge in [0, 0.05) is 16.7 Å². The first-order valence-corrected chi connectivity index (χ1v) is 6.96. The van der Waals surface area contributed by atoms with E-state index in [1.54, 1.807) is 0 Å². The number of rotatable bonds is 2. The Hall–Kier alpha value is -1.29. The molecule has 0 radical (unpaired) electrons. The number of hydrogen-bond donors (Lipinski definition) is 0. The summed E-state index contributed by atoms with van der Waals surface area (Å²) in [5.41, 5.74) is -5.07. The molecule has 19 heavy (non-hydrogen) atoms. The third-order valence-electron chi connectivity index (χ3n) is 2.11. The molecular weight excluding hydrogens is 353 g/mol. The van der Waals surface area contributed by atoms with Gasteiger partial charge in [0.2, 0.25) is 0 Å². The molecule has 2 heterocycles. The van der Waals surface area contributed by atoms with E-state index in [1.807, 2.05) is 0 Å². The molecule has 0 bridgehead atoms. The molecule has 0 spiro atoms. The van der Waals surface area contributed by atoms with Crippen LogP contribution in [0.2, 0.25) is 0 Å². The molecule has 2 aromatic rings. The standard InChI is InChI=1S/C9H6BrF3N2O3S/c1-5-2-8(18-19(16,17)9(11,12)13)7-3-6(10)4-15(7)14-5/h2-4H,1H3. The zero-order valence-corrected chi connectivity index (χ0v) is 11.7. The maximum Gasteiger partial charge on any atom is 0.534 e. The van der Waals surface area contributed by atoms with Crippen LogP contribution >= 0.6 is 15.9 Å². The van der Waals surface area contributed by atoms with Crippen molar-refractivity contribution in [2.75, 3.05) is 0 Å². The zero-order chi connectivity index (χ0) is 14.4. The van der Waals surface area contributed by atoms with Gasteiger partial charge in [-0.05, 0) is 28.9 Å². The van der Waals surface area contributed by atoms with Gasteiger partial charge < -0.3 is 4.18 Å². The number of nitrogens with zero attached hydrogens (tertiary/aromatic N) is 2. The van der Waals surface area contributed by atoms with Crippen LogP contribution in [0, 0.1) is 6.92 Å². The molecule has 0 fully saturated rings. The van der Waals surface area contributed by atoms with Crippen molar-refractivity contribution in [2.45, 2.75) is 12.4 Å². The highest BCUT2D eigenvalue weighted by molar-refractivity contribution is 9.10. The van der Waals surface area contributed by atoms with Gasteiger partial charge in [0.05, 0.1) is 5.69 Å². The Morgan fingerprint density at radius 1 is 1.37 bits per heavy atom. The fourth-order valence-corrected chi connectivity index (χ4v) is 2.26. The SMILES string of the molecule is Cc1cc(OS(=O)(=O)C(F)(F)F)c2cc(Br)cn2n1. The minimum absolute atomic E-state index is 0.102. The van der Waals surface area contributed by atoms with Crippen molar-refractivity contribution in [1.82, 2.24) is 9.61 Å². The molecule has 0 unspecified atom stereocenters. The zero-order valence-electron chi connectivity index (χ0n) is 9.27. The first kappa shape index (κ1) is 14.1. The molecule has 104 valence electrons. The van der Waals surface area contributed by atoms with Crippen LogP contribution in [0.15, 0.2) is 22.8 Å². The smallest absolute Gasteiger partial charge is 0.374 e. The third kappa shape index (κ3) is 2.68. The van der Waals surface area contributed by atoms with Gasteiger partial charge in [-0.3, -0.25) is 0 Å². The molecule has 2 aromatic heterocycles. The van der Waals surface area contributed by atoms with Crippen molar-refractivity contribution < 1.29 is 25.8 Å². The van der Waals surface area contributed by atoms with Crippen LogP contribution in [0.25, 0.3) is 5.52 Å². The van der Waals surface area contributed by atoms with Gasteiger partial charge in [-0.1, -0.05) is 0 Å². The quantitative estimate of drug-likeness (QED) is 0.611. The molecule has 0 aromatic carbocycles. The molecule has 0 aliphatic carbocycles. The molecule has 10 heteroatoms. The van der Waals surface area contributed by atoms with Crippen molar-refractivity contribution in [1.29, 1.82) is 0 Å². The monoisotopic (exact) mass is 358 g/mol. The molecular formula is C9H6BrF3N2O3S. The number of alkyl halides is 3. The number of halogens is 4. The average Bonchev–Trinajstić information content (AvgIpc) is 2.56. The molecule has 0 aliphatic heterocycles. The number of hydrogen-bond acceptors (Lipinski definition) is 4. The van der Waals surface area contributed by atoms with Crippen LogP contribution in [0.4, 0.5) is 13.2 Å². The van der Waals surface area contributed by atoms with Gasteiger partial charge in [0.25, 0.3) is 0 Å².